The van der Waals surface area contributed by atoms with E-state index in [-0.39, 0.29) is 16.5 Å². The highest BCUT2D eigenvalue weighted by molar-refractivity contribution is 7.89. The summed E-state index contributed by atoms with van der Waals surface area (Å²) < 4.78 is 33.8. The van der Waals surface area contributed by atoms with E-state index in [2.05, 4.69) is 16.0 Å². The number of ether oxygens (including phenoxy) is 1. The molecule has 0 unspecified atom stereocenters. The van der Waals surface area contributed by atoms with Gasteiger partial charge in [0.1, 0.15) is 17.5 Å². The van der Waals surface area contributed by atoms with E-state index in [9.17, 15) is 27.9 Å². The van der Waals surface area contributed by atoms with Crippen LogP contribution in [-0.4, -0.2) is 61.6 Å². The van der Waals surface area contributed by atoms with E-state index in [1.807, 2.05) is 4.72 Å². The van der Waals surface area contributed by atoms with Gasteiger partial charge in [0.05, 0.1) is 17.7 Å². The third-order valence-electron chi connectivity index (χ3n) is 5.09. The number of anilines is 1. The summed E-state index contributed by atoms with van der Waals surface area (Å²) in [5.41, 5.74) is 5.08. The van der Waals surface area contributed by atoms with Crippen LogP contribution < -0.4 is 36.7 Å². The van der Waals surface area contributed by atoms with Crippen molar-refractivity contribution >= 4 is 39.2 Å². The topological polar surface area (TPSA) is 217 Å². The van der Waals surface area contributed by atoms with Gasteiger partial charge in [-0.05, 0) is 42.8 Å². The van der Waals surface area contributed by atoms with Crippen LogP contribution in [0.3, 0.4) is 0 Å². The first-order valence-electron chi connectivity index (χ1n) is 11.3. The van der Waals surface area contributed by atoms with Gasteiger partial charge in [0, 0.05) is 18.6 Å². The van der Waals surface area contributed by atoms with Crippen molar-refractivity contribution in [3.8, 4) is 5.75 Å². The number of sulfonamides is 1. The number of urea groups is 1. The van der Waals surface area contributed by atoms with Gasteiger partial charge in [0.15, 0.2) is 5.96 Å². The number of hydrogen-bond donors (Lipinski definition) is 7. The van der Waals surface area contributed by atoms with Crippen LogP contribution in [0.15, 0.2) is 70.5 Å². The van der Waals surface area contributed by atoms with Gasteiger partial charge in [0.2, 0.25) is 10.0 Å². The maximum Gasteiger partial charge on any atom is 0.323 e. The van der Waals surface area contributed by atoms with Crippen LogP contribution in [0, 0.1) is 5.41 Å². The fourth-order valence-corrected chi connectivity index (χ4v) is 4.45. The molecule has 8 N–H and O–H groups in total. The molecule has 2 amide bonds. The number of rotatable bonds is 12. The fourth-order valence-electron chi connectivity index (χ4n) is 3.24. The van der Waals surface area contributed by atoms with Gasteiger partial charge in [-0.2, -0.15) is 4.72 Å². The van der Waals surface area contributed by atoms with Crippen molar-refractivity contribution in [3.63, 3.8) is 0 Å². The number of benzene rings is 1. The number of aliphatic carboxylic acids is 1. The van der Waals surface area contributed by atoms with E-state index in [1.165, 1.54) is 40.9 Å². The first-order valence-corrected chi connectivity index (χ1v) is 12.8. The average molecular weight is 546 g/mol. The average Bonchev–Trinajstić information content (AvgIpc) is 2.88. The molecule has 3 aromatic rings. The molecule has 2 aromatic heterocycles. The Morgan fingerprint density at radius 2 is 1.79 bits per heavy atom. The molecule has 38 heavy (non-hydrogen) atoms. The molecule has 0 radical (unpaired) electrons. The summed E-state index contributed by atoms with van der Waals surface area (Å²) in [4.78, 5) is 36.7. The van der Waals surface area contributed by atoms with E-state index in [4.69, 9.17) is 15.9 Å². The van der Waals surface area contributed by atoms with Gasteiger partial charge in [-0.3, -0.25) is 19.4 Å². The Morgan fingerprint density at radius 1 is 1.08 bits per heavy atom. The Kier molecular flexibility index (Phi) is 9.23. The summed E-state index contributed by atoms with van der Waals surface area (Å²) in [6, 6.07) is 10.9. The number of pyridine rings is 2. The molecule has 202 valence electrons. The summed E-state index contributed by atoms with van der Waals surface area (Å²) >= 11 is 0. The number of carboxylic acids is 1. The predicted molar refractivity (Wildman–Crippen MR) is 139 cm³/mol. The number of carbonyl (C=O) groups excluding carboxylic acids is 1. The number of nitrogens with two attached hydrogens (primary N) is 1. The molecule has 2 heterocycles. The lowest BCUT2D eigenvalue weighted by atomic mass is 10.3. The van der Waals surface area contributed by atoms with Gasteiger partial charge < -0.3 is 31.5 Å². The Morgan fingerprint density at radius 3 is 2.47 bits per heavy atom. The van der Waals surface area contributed by atoms with Crippen LogP contribution in [0.1, 0.15) is 6.42 Å². The van der Waals surface area contributed by atoms with Crippen molar-refractivity contribution in [2.45, 2.75) is 17.4 Å². The minimum Gasteiger partial charge on any atom is -0.492 e. The van der Waals surface area contributed by atoms with Crippen LogP contribution >= 0.6 is 0 Å². The number of carbonyl (C=O) groups is 2. The normalized spacial score (nSPS) is 11.9. The number of fused-ring (bicyclic) bond motifs is 1. The molecule has 1 aromatic carbocycles. The molecule has 14 nitrogen and oxygen atoms in total. The molecule has 0 saturated carbocycles. The van der Waals surface area contributed by atoms with Crippen molar-refractivity contribution < 1.29 is 27.9 Å². The smallest absolute Gasteiger partial charge is 0.323 e. The fraction of sp³-hybridized carbons (Fsp3) is 0.217. The summed E-state index contributed by atoms with van der Waals surface area (Å²) in [5.74, 6) is -1.24. The minimum atomic E-state index is -4.15. The van der Waals surface area contributed by atoms with E-state index >= 15 is 0 Å². The quantitative estimate of drug-likeness (QED) is 0.0931. The molecule has 0 spiro atoms. The lowest BCUT2D eigenvalue weighted by molar-refractivity contribution is -0.138. The maximum atomic E-state index is 12.9. The van der Waals surface area contributed by atoms with Crippen molar-refractivity contribution in [1.82, 2.24) is 19.8 Å². The third-order valence-corrected chi connectivity index (χ3v) is 6.58. The molecule has 0 bridgehead atoms. The summed E-state index contributed by atoms with van der Waals surface area (Å²) in [6.07, 6.45) is 2.02. The highest BCUT2D eigenvalue weighted by Crippen LogP contribution is 2.14. The first-order chi connectivity index (χ1) is 18.1. The Balaban J connectivity index is 1.63. The minimum absolute atomic E-state index is 0.0976. The Bertz CT molecular complexity index is 1480. The van der Waals surface area contributed by atoms with E-state index in [0.717, 1.165) is 0 Å². The molecule has 1 atom stereocenters. The van der Waals surface area contributed by atoms with Crippen LogP contribution in [0.4, 0.5) is 10.5 Å². The molecular formula is C23H27N7O7S. The highest BCUT2D eigenvalue weighted by Gasteiger charge is 2.26. The SMILES string of the molecule is N=C(N)NCCCOc1ccc2ccc(NC(=O)NC[C@H](NS(=O)(=O)c3ccccc3)C(=O)O)c(=O)n2c1. The van der Waals surface area contributed by atoms with E-state index in [0.29, 0.717) is 30.8 Å². The van der Waals surface area contributed by atoms with Gasteiger partial charge >= 0.3 is 12.0 Å². The molecule has 0 aliphatic rings. The van der Waals surface area contributed by atoms with Crippen molar-refractivity contribution in [1.29, 1.82) is 5.41 Å². The van der Waals surface area contributed by atoms with Crippen LogP contribution in [0.5, 0.6) is 5.75 Å². The van der Waals surface area contributed by atoms with Gasteiger partial charge in [-0.25, -0.2) is 13.2 Å². The standard InChI is InChI=1S/C23H27N7O7S/c24-22(25)26-11-4-12-37-16-9-7-15-8-10-18(20(31)30(15)14-16)28-23(34)27-13-19(21(32)33)29-38(35,36)17-5-2-1-3-6-17/h1-3,5-10,14,19,29H,4,11-13H2,(H,32,33)(H4,24,25,26)(H2,27,28,34)/t19-/m0/s1. The maximum absolute atomic E-state index is 12.9. The molecule has 15 heteroatoms. The van der Waals surface area contributed by atoms with Gasteiger partial charge in [-0.1, -0.05) is 18.2 Å². The number of aromatic nitrogens is 1. The van der Waals surface area contributed by atoms with Gasteiger partial charge in [-0.15, -0.1) is 0 Å². The summed E-state index contributed by atoms with van der Waals surface area (Å²) in [6.45, 7) is 0.167. The van der Waals surface area contributed by atoms with Crippen LogP contribution in [-0.2, 0) is 14.8 Å². The first kappa shape index (κ1) is 27.9. The number of hydrogen-bond acceptors (Lipinski definition) is 7. The molecule has 0 fully saturated rings. The Hall–Kier alpha value is -4.63. The number of carboxylic acid groups (broad SMARTS) is 1. The number of guanidine groups is 1. The van der Waals surface area contributed by atoms with Crippen LogP contribution in [0.25, 0.3) is 5.52 Å². The molecular weight excluding hydrogens is 518 g/mol. The second kappa shape index (κ2) is 12.6. The van der Waals surface area contributed by atoms with Crippen molar-refractivity contribution in [3.05, 3.63) is 71.1 Å². The second-order valence-electron chi connectivity index (χ2n) is 7.91. The molecule has 0 aliphatic carbocycles. The lowest BCUT2D eigenvalue weighted by Gasteiger charge is -2.16. The highest BCUT2D eigenvalue weighted by atomic mass is 32.2. The number of amides is 2. The second-order valence-corrected chi connectivity index (χ2v) is 9.63. The molecule has 0 saturated heterocycles. The largest absolute Gasteiger partial charge is 0.492 e. The predicted octanol–water partition coefficient (Wildman–Crippen LogP) is 0.105. The molecule has 0 aliphatic heterocycles. The monoisotopic (exact) mass is 545 g/mol. The number of nitrogens with zero attached hydrogens (tertiary/aromatic N) is 1. The van der Waals surface area contributed by atoms with Crippen molar-refractivity contribution in [2.24, 2.45) is 5.73 Å². The van der Waals surface area contributed by atoms with Crippen LogP contribution in [0.2, 0.25) is 0 Å². The zero-order chi connectivity index (χ0) is 27.7. The zero-order valence-corrected chi connectivity index (χ0v) is 20.8. The zero-order valence-electron chi connectivity index (χ0n) is 20.0. The summed E-state index contributed by atoms with van der Waals surface area (Å²) in [7, 11) is -4.15. The number of nitrogens with one attached hydrogen (secondary N) is 5. The van der Waals surface area contributed by atoms with Crippen molar-refractivity contribution in [2.75, 3.05) is 25.0 Å². The Labute approximate surface area is 217 Å². The van der Waals surface area contributed by atoms with E-state index in [1.54, 1.807) is 24.3 Å². The molecule has 3 rings (SSSR count). The summed E-state index contributed by atoms with van der Waals surface area (Å²) in [5, 5.41) is 23.8. The van der Waals surface area contributed by atoms with E-state index < -0.39 is 40.2 Å². The van der Waals surface area contributed by atoms with Gasteiger partial charge in [0.25, 0.3) is 5.56 Å². The lowest BCUT2D eigenvalue weighted by Crippen LogP contribution is -2.49. The third kappa shape index (κ3) is 7.68.